The highest BCUT2D eigenvalue weighted by molar-refractivity contribution is 6.35. The van der Waals surface area contributed by atoms with Gasteiger partial charge in [0.15, 0.2) is 0 Å². The van der Waals surface area contributed by atoms with E-state index in [4.69, 9.17) is 23.2 Å². The summed E-state index contributed by atoms with van der Waals surface area (Å²) in [5.41, 5.74) is 0.988. The Bertz CT molecular complexity index is 342. The van der Waals surface area contributed by atoms with Crippen molar-refractivity contribution in [2.75, 3.05) is 13.1 Å². The maximum Gasteiger partial charge on any atom is 0.0564 e. The van der Waals surface area contributed by atoms with Crippen molar-refractivity contribution in [1.29, 1.82) is 0 Å². The van der Waals surface area contributed by atoms with Crippen LogP contribution in [0.1, 0.15) is 18.4 Å². The van der Waals surface area contributed by atoms with Crippen molar-refractivity contribution in [3.05, 3.63) is 33.8 Å². The van der Waals surface area contributed by atoms with Crippen LogP contribution in [0.3, 0.4) is 0 Å². The summed E-state index contributed by atoms with van der Waals surface area (Å²) in [7, 11) is 0. The van der Waals surface area contributed by atoms with Gasteiger partial charge in [-0.3, -0.25) is 4.90 Å². The predicted molar refractivity (Wildman–Crippen MR) is 67.0 cm³/mol. The Kier molecular flexibility index (Phi) is 4.09. The first-order chi connectivity index (χ1) is 7.66. The maximum absolute atomic E-state index is 9.42. The summed E-state index contributed by atoms with van der Waals surface area (Å²) in [6.45, 7) is 2.58. The molecular weight excluding hydrogens is 245 g/mol. The number of aliphatic hydroxyl groups is 1. The molecule has 0 spiro atoms. The summed E-state index contributed by atoms with van der Waals surface area (Å²) in [5, 5.41) is 10.9. The zero-order chi connectivity index (χ0) is 11.5. The summed E-state index contributed by atoms with van der Waals surface area (Å²) in [4.78, 5) is 2.28. The van der Waals surface area contributed by atoms with Gasteiger partial charge in [0.25, 0.3) is 0 Å². The summed E-state index contributed by atoms with van der Waals surface area (Å²) >= 11 is 12.2. The first kappa shape index (κ1) is 12.2. The molecule has 88 valence electrons. The standard InChI is InChI=1S/C12H15Cl2NO/c13-11-2-1-3-12(14)10(11)8-15-6-4-9(16)5-7-15/h1-3,9,16H,4-8H2. The van der Waals surface area contributed by atoms with E-state index >= 15 is 0 Å². The van der Waals surface area contributed by atoms with Crippen LogP contribution < -0.4 is 0 Å². The molecular formula is C12H15Cl2NO. The number of hydrogen-bond acceptors (Lipinski definition) is 2. The van der Waals surface area contributed by atoms with E-state index in [0.717, 1.165) is 48.1 Å². The van der Waals surface area contributed by atoms with Crippen molar-refractivity contribution in [3.8, 4) is 0 Å². The Morgan fingerprint density at radius 2 is 1.75 bits per heavy atom. The van der Waals surface area contributed by atoms with Gasteiger partial charge in [-0.15, -0.1) is 0 Å². The summed E-state index contributed by atoms with van der Waals surface area (Å²) in [6.07, 6.45) is 1.53. The van der Waals surface area contributed by atoms with E-state index in [2.05, 4.69) is 4.90 Å². The number of halogens is 2. The third-order valence-electron chi connectivity index (χ3n) is 3.00. The van der Waals surface area contributed by atoms with Crippen LogP contribution in [-0.4, -0.2) is 29.2 Å². The normalized spacial score (nSPS) is 18.9. The lowest BCUT2D eigenvalue weighted by Gasteiger charge is -2.29. The second-order valence-corrected chi connectivity index (χ2v) is 5.02. The molecule has 1 N–H and O–H groups in total. The number of likely N-dealkylation sites (tertiary alicyclic amines) is 1. The molecule has 0 aromatic heterocycles. The molecule has 2 rings (SSSR count). The lowest BCUT2D eigenvalue weighted by molar-refractivity contribution is 0.0793. The number of benzene rings is 1. The molecule has 1 aliphatic rings. The third-order valence-corrected chi connectivity index (χ3v) is 3.71. The smallest absolute Gasteiger partial charge is 0.0564 e. The fourth-order valence-electron chi connectivity index (χ4n) is 1.98. The van der Waals surface area contributed by atoms with Crippen LogP contribution in [0.25, 0.3) is 0 Å². The van der Waals surface area contributed by atoms with Crippen molar-refractivity contribution in [2.45, 2.75) is 25.5 Å². The molecule has 1 heterocycles. The molecule has 0 aliphatic carbocycles. The molecule has 0 amide bonds. The van der Waals surface area contributed by atoms with Gasteiger partial charge in [0.2, 0.25) is 0 Å². The van der Waals surface area contributed by atoms with E-state index in [1.165, 1.54) is 0 Å². The van der Waals surface area contributed by atoms with E-state index in [0.29, 0.717) is 0 Å². The predicted octanol–water partition coefficient (Wildman–Crippen LogP) is 2.95. The highest BCUT2D eigenvalue weighted by Gasteiger charge is 2.18. The van der Waals surface area contributed by atoms with Gasteiger partial charge < -0.3 is 5.11 Å². The Labute approximate surface area is 106 Å². The SMILES string of the molecule is OC1CCN(Cc2c(Cl)cccc2Cl)CC1. The average Bonchev–Trinajstić information content (AvgIpc) is 2.26. The Morgan fingerprint density at radius 3 is 2.31 bits per heavy atom. The number of piperidine rings is 1. The molecule has 1 aromatic rings. The van der Waals surface area contributed by atoms with Crippen LogP contribution in [0.15, 0.2) is 18.2 Å². The molecule has 1 fully saturated rings. The van der Waals surface area contributed by atoms with Crippen molar-refractivity contribution < 1.29 is 5.11 Å². The van der Waals surface area contributed by atoms with E-state index in [1.54, 1.807) is 0 Å². The van der Waals surface area contributed by atoms with Gasteiger partial charge in [0.1, 0.15) is 0 Å². The van der Waals surface area contributed by atoms with Gasteiger partial charge in [-0.05, 0) is 25.0 Å². The van der Waals surface area contributed by atoms with Gasteiger partial charge in [-0.1, -0.05) is 29.3 Å². The van der Waals surface area contributed by atoms with Crippen LogP contribution in [0.5, 0.6) is 0 Å². The van der Waals surface area contributed by atoms with Crippen molar-refractivity contribution >= 4 is 23.2 Å². The Hall–Kier alpha value is -0.280. The molecule has 1 aromatic carbocycles. The number of rotatable bonds is 2. The molecule has 0 radical (unpaired) electrons. The van der Waals surface area contributed by atoms with E-state index in [-0.39, 0.29) is 6.10 Å². The molecule has 2 nitrogen and oxygen atoms in total. The molecule has 0 atom stereocenters. The van der Waals surface area contributed by atoms with Crippen LogP contribution in [-0.2, 0) is 6.54 Å². The summed E-state index contributed by atoms with van der Waals surface area (Å²) in [6, 6.07) is 5.58. The minimum Gasteiger partial charge on any atom is -0.393 e. The number of hydrogen-bond donors (Lipinski definition) is 1. The Balaban J connectivity index is 2.04. The van der Waals surface area contributed by atoms with Gasteiger partial charge in [0.05, 0.1) is 6.10 Å². The first-order valence-corrected chi connectivity index (χ1v) is 6.25. The fraction of sp³-hybridized carbons (Fsp3) is 0.500. The van der Waals surface area contributed by atoms with Crippen molar-refractivity contribution in [1.82, 2.24) is 4.90 Å². The monoisotopic (exact) mass is 259 g/mol. The Morgan fingerprint density at radius 1 is 1.19 bits per heavy atom. The van der Waals surface area contributed by atoms with E-state index < -0.39 is 0 Å². The molecule has 0 unspecified atom stereocenters. The van der Waals surface area contributed by atoms with Crippen molar-refractivity contribution in [2.24, 2.45) is 0 Å². The zero-order valence-corrected chi connectivity index (χ0v) is 10.5. The highest BCUT2D eigenvalue weighted by atomic mass is 35.5. The minimum absolute atomic E-state index is 0.141. The van der Waals surface area contributed by atoms with Crippen LogP contribution in [0.4, 0.5) is 0 Å². The first-order valence-electron chi connectivity index (χ1n) is 5.50. The molecule has 0 bridgehead atoms. The summed E-state index contributed by atoms with van der Waals surface area (Å²) < 4.78 is 0. The summed E-state index contributed by atoms with van der Waals surface area (Å²) in [5.74, 6) is 0. The molecule has 16 heavy (non-hydrogen) atoms. The van der Waals surface area contributed by atoms with E-state index in [1.807, 2.05) is 18.2 Å². The fourth-order valence-corrected chi connectivity index (χ4v) is 2.50. The third kappa shape index (κ3) is 2.89. The molecule has 0 saturated carbocycles. The molecule has 1 saturated heterocycles. The molecule has 4 heteroatoms. The van der Waals surface area contributed by atoms with Gasteiger partial charge >= 0.3 is 0 Å². The van der Waals surface area contributed by atoms with Crippen LogP contribution in [0.2, 0.25) is 10.0 Å². The van der Waals surface area contributed by atoms with Crippen molar-refractivity contribution in [3.63, 3.8) is 0 Å². The zero-order valence-electron chi connectivity index (χ0n) is 9.00. The topological polar surface area (TPSA) is 23.5 Å². The lowest BCUT2D eigenvalue weighted by Crippen LogP contribution is -2.35. The molecule has 1 aliphatic heterocycles. The highest BCUT2D eigenvalue weighted by Crippen LogP contribution is 2.26. The van der Waals surface area contributed by atoms with Crippen LogP contribution in [0, 0.1) is 0 Å². The van der Waals surface area contributed by atoms with Gasteiger partial charge in [0, 0.05) is 35.2 Å². The van der Waals surface area contributed by atoms with E-state index in [9.17, 15) is 5.11 Å². The minimum atomic E-state index is -0.141. The van der Waals surface area contributed by atoms with Crippen LogP contribution >= 0.6 is 23.2 Å². The quantitative estimate of drug-likeness (QED) is 0.883. The van der Waals surface area contributed by atoms with Gasteiger partial charge in [-0.2, -0.15) is 0 Å². The second-order valence-electron chi connectivity index (χ2n) is 4.21. The number of nitrogens with zero attached hydrogens (tertiary/aromatic N) is 1. The largest absolute Gasteiger partial charge is 0.393 e. The lowest BCUT2D eigenvalue weighted by atomic mass is 10.1. The maximum atomic E-state index is 9.42. The average molecular weight is 260 g/mol. The number of aliphatic hydroxyl groups excluding tert-OH is 1. The van der Waals surface area contributed by atoms with Gasteiger partial charge in [-0.25, -0.2) is 0 Å². The second kappa shape index (κ2) is 5.37.